The van der Waals surface area contributed by atoms with Crippen molar-refractivity contribution in [3.63, 3.8) is 0 Å². The topological polar surface area (TPSA) is 41.5 Å². The van der Waals surface area contributed by atoms with E-state index < -0.39 is 6.10 Å². The molecule has 0 aromatic heterocycles. The van der Waals surface area contributed by atoms with Gasteiger partial charge in [-0.1, -0.05) is 55.5 Å². The molecule has 21 heavy (non-hydrogen) atoms. The van der Waals surface area contributed by atoms with E-state index in [9.17, 15) is 5.11 Å². The second-order valence-corrected chi connectivity index (χ2v) is 4.94. The van der Waals surface area contributed by atoms with Gasteiger partial charge in [0.15, 0.2) is 0 Å². The van der Waals surface area contributed by atoms with Gasteiger partial charge in [-0.05, 0) is 23.6 Å². The number of nitrogens with one attached hydrogen (secondary N) is 1. The molecule has 2 aromatic rings. The monoisotopic (exact) mass is 285 g/mol. The summed E-state index contributed by atoms with van der Waals surface area (Å²) in [5, 5.41) is 13.2. The highest BCUT2D eigenvalue weighted by molar-refractivity contribution is 5.33. The Morgan fingerprint density at radius 3 is 2.52 bits per heavy atom. The van der Waals surface area contributed by atoms with E-state index in [0.717, 1.165) is 17.7 Å². The average Bonchev–Trinajstić information content (AvgIpc) is 2.55. The van der Waals surface area contributed by atoms with Crippen molar-refractivity contribution in [3.05, 3.63) is 65.7 Å². The van der Waals surface area contributed by atoms with Crippen LogP contribution in [0.2, 0.25) is 0 Å². The SMILES string of the molecule is CCc1ccccc1OCCNCC(O)c1ccccc1. The van der Waals surface area contributed by atoms with Gasteiger partial charge >= 0.3 is 0 Å². The Kier molecular flexibility index (Phi) is 6.25. The molecule has 0 spiro atoms. The van der Waals surface area contributed by atoms with Crippen LogP contribution in [0.4, 0.5) is 0 Å². The first-order valence-electron chi connectivity index (χ1n) is 7.45. The highest BCUT2D eigenvalue weighted by Crippen LogP contribution is 2.17. The first kappa shape index (κ1) is 15.5. The standard InChI is InChI=1S/C18H23NO2/c1-2-15-8-6-7-11-18(15)21-13-12-19-14-17(20)16-9-4-3-5-10-16/h3-11,17,19-20H,2,12-14H2,1H3. The zero-order valence-corrected chi connectivity index (χ0v) is 12.5. The third kappa shape index (κ3) is 4.88. The Labute approximate surface area is 126 Å². The zero-order chi connectivity index (χ0) is 14.9. The van der Waals surface area contributed by atoms with E-state index in [-0.39, 0.29) is 0 Å². The Hall–Kier alpha value is -1.84. The molecule has 2 rings (SSSR count). The van der Waals surface area contributed by atoms with Crippen molar-refractivity contribution in [2.24, 2.45) is 0 Å². The van der Waals surface area contributed by atoms with Crippen molar-refractivity contribution in [3.8, 4) is 5.75 Å². The number of benzene rings is 2. The smallest absolute Gasteiger partial charge is 0.122 e. The van der Waals surface area contributed by atoms with E-state index >= 15 is 0 Å². The molecule has 1 atom stereocenters. The summed E-state index contributed by atoms with van der Waals surface area (Å²) in [5.74, 6) is 0.949. The van der Waals surface area contributed by atoms with Gasteiger partial charge in [0, 0.05) is 13.1 Å². The summed E-state index contributed by atoms with van der Waals surface area (Å²) < 4.78 is 5.77. The lowest BCUT2D eigenvalue weighted by atomic mass is 10.1. The maximum atomic E-state index is 10.0. The fraction of sp³-hybridized carbons (Fsp3) is 0.333. The third-order valence-electron chi connectivity index (χ3n) is 3.41. The van der Waals surface area contributed by atoms with Crippen molar-refractivity contribution in [2.75, 3.05) is 19.7 Å². The molecule has 0 aliphatic carbocycles. The lowest BCUT2D eigenvalue weighted by molar-refractivity contribution is 0.172. The second kappa shape index (κ2) is 8.45. The first-order valence-corrected chi connectivity index (χ1v) is 7.45. The summed E-state index contributed by atoms with van der Waals surface area (Å²) in [5.41, 5.74) is 2.16. The van der Waals surface area contributed by atoms with Crippen LogP contribution in [0.25, 0.3) is 0 Å². The van der Waals surface area contributed by atoms with E-state index in [2.05, 4.69) is 18.3 Å². The van der Waals surface area contributed by atoms with Gasteiger partial charge in [0.1, 0.15) is 12.4 Å². The fourth-order valence-electron chi connectivity index (χ4n) is 2.20. The summed E-state index contributed by atoms with van der Waals surface area (Å²) in [6.45, 7) is 3.96. The van der Waals surface area contributed by atoms with E-state index in [0.29, 0.717) is 19.7 Å². The van der Waals surface area contributed by atoms with Gasteiger partial charge in [-0.25, -0.2) is 0 Å². The van der Waals surface area contributed by atoms with Crippen molar-refractivity contribution in [1.82, 2.24) is 5.32 Å². The third-order valence-corrected chi connectivity index (χ3v) is 3.41. The first-order chi connectivity index (χ1) is 10.3. The van der Waals surface area contributed by atoms with Crippen LogP contribution in [-0.4, -0.2) is 24.8 Å². The van der Waals surface area contributed by atoms with Gasteiger partial charge in [0.2, 0.25) is 0 Å². The molecule has 2 N–H and O–H groups in total. The molecule has 0 aliphatic heterocycles. The minimum absolute atomic E-state index is 0.478. The van der Waals surface area contributed by atoms with Crippen LogP contribution >= 0.6 is 0 Å². The van der Waals surface area contributed by atoms with E-state index in [1.807, 2.05) is 48.5 Å². The maximum absolute atomic E-state index is 10.0. The summed E-state index contributed by atoms with van der Waals surface area (Å²) >= 11 is 0. The summed E-state index contributed by atoms with van der Waals surface area (Å²) in [6, 6.07) is 17.8. The van der Waals surface area contributed by atoms with Crippen LogP contribution in [0.1, 0.15) is 24.2 Å². The van der Waals surface area contributed by atoms with Crippen molar-refractivity contribution in [2.45, 2.75) is 19.4 Å². The zero-order valence-electron chi connectivity index (χ0n) is 12.5. The van der Waals surface area contributed by atoms with Gasteiger partial charge in [-0.3, -0.25) is 0 Å². The molecule has 0 aliphatic rings. The number of aryl methyl sites for hydroxylation is 1. The Morgan fingerprint density at radius 2 is 1.76 bits per heavy atom. The van der Waals surface area contributed by atoms with Gasteiger partial charge in [0.05, 0.1) is 6.10 Å². The Morgan fingerprint density at radius 1 is 1.05 bits per heavy atom. The average molecular weight is 285 g/mol. The van der Waals surface area contributed by atoms with Crippen LogP contribution in [-0.2, 0) is 6.42 Å². The van der Waals surface area contributed by atoms with Crippen LogP contribution in [0, 0.1) is 0 Å². The number of hydrogen-bond acceptors (Lipinski definition) is 3. The Bertz CT molecular complexity index is 528. The summed E-state index contributed by atoms with van der Waals surface area (Å²) in [6.07, 6.45) is 0.491. The molecular formula is C18H23NO2. The van der Waals surface area contributed by atoms with Crippen LogP contribution in [0.3, 0.4) is 0 Å². The molecule has 1 unspecified atom stereocenters. The number of rotatable bonds is 8. The van der Waals surface area contributed by atoms with Crippen LogP contribution < -0.4 is 10.1 Å². The molecule has 0 radical (unpaired) electrons. The van der Waals surface area contributed by atoms with E-state index in [1.165, 1.54) is 5.56 Å². The van der Waals surface area contributed by atoms with E-state index in [4.69, 9.17) is 4.74 Å². The van der Waals surface area contributed by atoms with Crippen molar-refractivity contribution in [1.29, 1.82) is 0 Å². The minimum atomic E-state index is -0.478. The minimum Gasteiger partial charge on any atom is -0.492 e. The molecule has 0 heterocycles. The predicted molar refractivity (Wildman–Crippen MR) is 85.6 cm³/mol. The molecule has 3 nitrogen and oxygen atoms in total. The fourth-order valence-corrected chi connectivity index (χ4v) is 2.20. The van der Waals surface area contributed by atoms with Crippen LogP contribution in [0.15, 0.2) is 54.6 Å². The normalized spacial score (nSPS) is 12.1. The largest absolute Gasteiger partial charge is 0.492 e. The predicted octanol–water partition coefficient (Wildman–Crippen LogP) is 2.95. The van der Waals surface area contributed by atoms with E-state index in [1.54, 1.807) is 0 Å². The van der Waals surface area contributed by atoms with Gasteiger partial charge in [-0.15, -0.1) is 0 Å². The summed E-state index contributed by atoms with van der Waals surface area (Å²) in [7, 11) is 0. The van der Waals surface area contributed by atoms with Crippen molar-refractivity contribution < 1.29 is 9.84 Å². The molecule has 0 saturated heterocycles. The molecule has 0 bridgehead atoms. The van der Waals surface area contributed by atoms with Gasteiger partial charge in [-0.2, -0.15) is 0 Å². The highest BCUT2D eigenvalue weighted by atomic mass is 16.5. The lowest BCUT2D eigenvalue weighted by Gasteiger charge is -2.13. The molecular weight excluding hydrogens is 262 g/mol. The highest BCUT2D eigenvalue weighted by Gasteiger charge is 2.05. The van der Waals surface area contributed by atoms with Crippen molar-refractivity contribution >= 4 is 0 Å². The quantitative estimate of drug-likeness (QED) is 0.733. The van der Waals surface area contributed by atoms with Gasteiger partial charge < -0.3 is 15.2 Å². The number of para-hydroxylation sites is 1. The number of aliphatic hydroxyl groups is 1. The Balaban J connectivity index is 1.68. The molecule has 2 aromatic carbocycles. The number of ether oxygens (including phenoxy) is 1. The molecule has 3 heteroatoms. The van der Waals surface area contributed by atoms with Gasteiger partial charge in [0.25, 0.3) is 0 Å². The molecule has 0 fully saturated rings. The second-order valence-electron chi connectivity index (χ2n) is 4.94. The maximum Gasteiger partial charge on any atom is 0.122 e. The number of aliphatic hydroxyl groups excluding tert-OH is 1. The summed E-state index contributed by atoms with van der Waals surface area (Å²) in [4.78, 5) is 0. The van der Waals surface area contributed by atoms with Crippen LogP contribution in [0.5, 0.6) is 5.75 Å². The molecule has 0 amide bonds. The lowest BCUT2D eigenvalue weighted by Crippen LogP contribution is -2.26. The molecule has 112 valence electrons. The molecule has 0 saturated carbocycles. The number of hydrogen-bond donors (Lipinski definition) is 2.